The molecule has 1 fully saturated rings. The van der Waals surface area contributed by atoms with Crippen molar-refractivity contribution in [2.75, 3.05) is 20.1 Å². The molecule has 1 aromatic heterocycles. The minimum Gasteiger partial charge on any atom is -0.340 e. The van der Waals surface area contributed by atoms with E-state index in [-0.39, 0.29) is 11.8 Å². The molecule has 0 bridgehead atoms. The molecule has 0 atom stereocenters. The van der Waals surface area contributed by atoms with Gasteiger partial charge in [0, 0.05) is 30.9 Å². The Morgan fingerprint density at radius 1 is 1.07 bits per heavy atom. The number of piperidine rings is 1. The maximum atomic E-state index is 13.4. The molecule has 0 unspecified atom stereocenters. The van der Waals surface area contributed by atoms with E-state index in [1.165, 1.54) is 10.4 Å². The van der Waals surface area contributed by atoms with Gasteiger partial charge in [0.15, 0.2) is 0 Å². The maximum absolute atomic E-state index is 13.4. The van der Waals surface area contributed by atoms with E-state index in [1.807, 2.05) is 46.2 Å². The fourth-order valence-electron chi connectivity index (χ4n) is 4.21. The highest BCUT2D eigenvalue weighted by molar-refractivity contribution is 7.89. The number of rotatable bonds is 5. The molecule has 1 aromatic carbocycles. The van der Waals surface area contributed by atoms with Crippen molar-refractivity contribution in [1.29, 1.82) is 0 Å². The average molecular weight is 449 g/mol. The van der Waals surface area contributed by atoms with Crippen LogP contribution in [0.4, 0.5) is 0 Å². The van der Waals surface area contributed by atoms with Crippen LogP contribution in [0.3, 0.4) is 0 Å². The third-order valence-electron chi connectivity index (χ3n) is 6.42. The van der Waals surface area contributed by atoms with Crippen LogP contribution >= 0.6 is 11.3 Å². The summed E-state index contributed by atoms with van der Waals surface area (Å²) in [6.07, 6.45) is 1.13. The number of carbonyl (C=O) groups excluding carboxylic acids is 1. The van der Waals surface area contributed by atoms with Gasteiger partial charge in [-0.15, -0.1) is 11.3 Å². The summed E-state index contributed by atoms with van der Waals surface area (Å²) < 4.78 is 28.4. The molecule has 0 saturated carbocycles. The summed E-state index contributed by atoms with van der Waals surface area (Å²) >= 11 is 1.67. The quantitative estimate of drug-likeness (QED) is 0.683. The van der Waals surface area contributed by atoms with Crippen LogP contribution in [0.2, 0.25) is 0 Å². The Morgan fingerprint density at radius 3 is 2.13 bits per heavy atom. The minimum absolute atomic E-state index is 0.110. The molecule has 1 aliphatic rings. The van der Waals surface area contributed by atoms with Crippen molar-refractivity contribution in [1.82, 2.24) is 9.21 Å². The smallest absolute Gasteiger partial charge is 0.243 e. The zero-order chi connectivity index (χ0) is 22.2. The lowest BCUT2D eigenvalue weighted by atomic mass is 9.96. The Balaban J connectivity index is 1.71. The number of amides is 1. The van der Waals surface area contributed by atoms with E-state index < -0.39 is 10.0 Å². The van der Waals surface area contributed by atoms with Gasteiger partial charge in [0.25, 0.3) is 0 Å². The standard InChI is InChI=1S/C23H32N2O3S2/c1-15-9-12-29-21(15)14-24(6)23(26)20-7-10-25(11-8-20)30(27,28)22-18(4)16(2)13-17(3)19(22)5/h9,12-13,20H,7-8,10-11,14H2,1-6H3. The zero-order valence-corrected chi connectivity index (χ0v) is 20.4. The lowest BCUT2D eigenvalue weighted by Gasteiger charge is -2.33. The molecular formula is C23H32N2O3S2. The van der Waals surface area contributed by atoms with Crippen LogP contribution in [0.15, 0.2) is 22.4 Å². The first-order chi connectivity index (χ1) is 14.0. The number of hydrogen-bond acceptors (Lipinski definition) is 4. The van der Waals surface area contributed by atoms with Gasteiger partial charge >= 0.3 is 0 Å². The molecule has 0 aliphatic carbocycles. The molecule has 0 radical (unpaired) electrons. The Hall–Kier alpha value is -1.70. The van der Waals surface area contributed by atoms with Gasteiger partial charge in [0.05, 0.1) is 11.4 Å². The number of hydrogen-bond donors (Lipinski definition) is 0. The van der Waals surface area contributed by atoms with Crippen molar-refractivity contribution in [2.45, 2.75) is 58.9 Å². The van der Waals surface area contributed by atoms with Crippen molar-refractivity contribution in [2.24, 2.45) is 5.92 Å². The van der Waals surface area contributed by atoms with Crippen LogP contribution in [-0.2, 0) is 21.4 Å². The number of benzene rings is 1. The van der Waals surface area contributed by atoms with Crippen molar-refractivity contribution in [3.05, 3.63) is 50.2 Å². The van der Waals surface area contributed by atoms with Crippen molar-refractivity contribution in [3.8, 4) is 0 Å². The van der Waals surface area contributed by atoms with Gasteiger partial charge in [0.1, 0.15) is 0 Å². The SMILES string of the molecule is Cc1ccsc1CN(C)C(=O)C1CCN(S(=O)(=O)c2c(C)c(C)cc(C)c2C)CC1. The molecule has 1 saturated heterocycles. The summed E-state index contributed by atoms with van der Waals surface area (Å²) in [6.45, 7) is 11.1. The van der Waals surface area contributed by atoms with Crippen LogP contribution in [0, 0.1) is 40.5 Å². The molecule has 3 rings (SSSR count). The van der Waals surface area contributed by atoms with Gasteiger partial charge in [0.2, 0.25) is 15.9 Å². The van der Waals surface area contributed by atoms with Gasteiger partial charge in [-0.2, -0.15) is 4.31 Å². The predicted molar refractivity (Wildman–Crippen MR) is 122 cm³/mol. The third kappa shape index (κ3) is 4.34. The molecule has 0 N–H and O–H groups in total. The second kappa shape index (κ2) is 8.81. The largest absolute Gasteiger partial charge is 0.340 e. The summed E-state index contributed by atoms with van der Waals surface area (Å²) in [7, 11) is -1.73. The number of nitrogens with zero attached hydrogens (tertiary/aromatic N) is 2. The molecule has 30 heavy (non-hydrogen) atoms. The van der Waals surface area contributed by atoms with Gasteiger partial charge in [-0.05, 0) is 86.7 Å². The van der Waals surface area contributed by atoms with Crippen LogP contribution in [-0.4, -0.2) is 43.7 Å². The molecule has 1 amide bonds. The number of aryl methyl sites for hydroxylation is 3. The second-order valence-corrected chi connectivity index (χ2v) is 11.4. The summed E-state index contributed by atoms with van der Waals surface area (Å²) in [5.41, 5.74) is 4.84. The number of carbonyl (C=O) groups is 1. The molecule has 7 heteroatoms. The zero-order valence-electron chi connectivity index (χ0n) is 18.8. The highest BCUT2D eigenvalue weighted by Gasteiger charge is 2.35. The summed E-state index contributed by atoms with van der Waals surface area (Å²) in [4.78, 5) is 16.3. The number of thiophene rings is 1. The Bertz CT molecular complexity index is 1020. The summed E-state index contributed by atoms with van der Waals surface area (Å²) in [5, 5.41) is 2.04. The van der Waals surface area contributed by atoms with Crippen LogP contribution < -0.4 is 0 Å². The molecule has 2 aromatic rings. The minimum atomic E-state index is -3.57. The molecule has 5 nitrogen and oxygen atoms in total. The van der Waals surface area contributed by atoms with Crippen LogP contribution in [0.1, 0.15) is 45.5 Å². The van der Waals surface area contributed by atoms with E-state index in [0.29, 0.717) is 37.4 Å². The lowest BCUT2D eigenvalue weighted by Crippen LogP contribution is -2.43. The van der Waals surface area contributed by atoms with Gasteiger partial charge in [-0.25, -0.2) is 8.42 Å². The van der Waals surface area contributed by atoms with Crippen LogP contribution in [0.25, 0.3) is 0 Å². The van der Waals surface area contributed by atoms with E-state index >= 15 is 0 Å². The summed E-state index contributed by atoms with van der Waals surface area (Å²) in [6, 6.07) is 4.11. The van der Waals surface area contributed by atoms with E-state index in [1.54, 1.807) is 20.5 Å². The summed E-state index contributed by atoms with van der Waals surface area (Å²) in [5.74, 6) is -0.0123. The van der Waals surface area contributed by atoms with E-state index in [0.717, 1.165) is 22.3 Å². The average Bonchev–Trinajstić information content (AvgIpc) is 3.10. The van der Waals surface area contributed by atoms with E-state index in [9.17, 15) is 13.2 Å². The van der Waals surface area contributed by atoms with Crippen molar-refractivity contribution < 1.29 is 13.2 Å². The molecule has 0 spiro atoms. The van der Waals surface area contributed by atoms with Crippen molar-refractivity contribution in [3.63, 3.8) is 0 Å². The van der Waals surface area contributed by atoms with E-state index in [2.05, 4.69) is 13.0 Å². The van der Waals surface area contributed by atoms with Gasteiger partial charge < -0.3 is 4.90 Å². The highest BCUT2D eigenvalue weighted by atomic mass is 32.2. The molecular weight excluding hydrogens is 416 g/mol. The fourth-order valence-corrected chi connectivity index (χ4v) is 7.22. The third-order valence-corrected chi connectivity index (χ3v) is 9.60. The van der Waals surface area contributed by atoms with Gasteiger partial charge in [-0.1, -0.05) is 6.07 Å². The highest BCUT2D eigenvalue weighted by Crippen LogP contribution is 2.31. The first-order valence-corrected chi connectivity index (χ1v) is 12.7. The van der Waals surface area contributed by atoms with Gasteiger partial charge in [-0.3, -0.25) is 4.79 Å². The fraction of sp³-hybridized carbons (Fsp3) is 0.522. The number of sulfonamides is 1. The normalized spacial score (nSPS) is 16.1. The topological polar surface area (TPSA) is 57.7 Å². The first kappa shape index (κ1) is 23.0. The van der Waals surface area contributed by atoms with E-state index in [4.69, 9.17) is 0 Å². The first-order valence-electron chi connectivity index (χ1n) is 10.4. The Kier molecular flexibility index (Phi) is 6.75. The second-order valence-electron chi connectivity index (χ2n) is 8.49. The molecule has 1 aliphatic heterocycles. The predicted octanol–water partition coefficient (Wildman–Crippen LogP) is 4.35. The molecule has 2 heterocycles. The van der Waals surface area contributed by atoms with Crippen molar-refractivity contribution >= 4 is 27.3 Å². The lowest BCUT2D eigenvalue weighted by molar-refractivity contribution is -0.135. The monoisotopic (exact) mass is 448 g/mol. The van der Waals surface area contributed by atoms with Crippen LogP contribution in [0.5, 0.6) is 0 Å². The Morgan fingerprint density at radius 2 is 1.63 bits per heavy atom. The Labute approximate surface area is 184 Å². The maximum Gasteiger partial charge on any atom is 0.243 e. The molecule has 164 valence electrons.